The minimum Gasteiger partial charge on any atom is -0.371 e. The maximum atomic E-state index is 4.96. The number of hydrogen-bond donors (Lipinski definition) is 0. The Bertz CT molecular complexity index is 988. The molecule has 2 saturated heterocycles. The van der Waals surface area contributed by atoms with Gasteiger partial charge in [0.1, 0.15) is 13.1 Å². The Hall–Kier alpha value is -1.94. The van der Waals surface area contributed by atoms with Crippen LogP contribution in [-0.2, 0) is 0 Å². The standard InChI is InChI=1S/C24H30N3S/c1-2-6-14-26(13-5-1)19-9-11-21-23(17-19)28-24-18-20(10-12-22(24)25-21)27-15-7-3-4-8-16-27/h9-12,17-18H,1-8,13-16H2/q+1. The first-order valence-corrected chi connectivity index (χ1v) is 11.9. The molecule has 0 aromatic heterocycles. The fourth-order valence-electron chi connectivity index (χ4n) is 4.65. The first-order valence-electron chi connectivity index (χ1n) is 11.0. The van der Waals surface area contributed by atoms with Crippen LogP contribution in [-0.4, -0.2) is 31.2 Å². The highest BCUT2D eigenvalue weighted by Gasteiger charge is 2.15. The molecule has 4 aliphatic rings. The third-order valence-corrected chi connectivity index (χ3v) is 7.38. The Kier molecular flexibility index (Phi) is 5.30. The Labute approximate surface area is 171 Å². The largest absolute Gasteiger partial charge is 0.371 e. The fourth-order valence-corrected chi connectivity index (χ4v) is 5.69. The van der Waals surface area contributed by atoms with Gasteiger partial charge in [0.2, 0.25) is 5.36 Å². The van der Waals surface area contributed by atoms with Crippen molar-refractivity contribution in [2.75, 3.05) is 31.1 Å². The lowest BCUT2D eigenvalue weighted by molar-refractivity contribution is 0.584. The predicted octanol–water partition coefficient (Wildman–Crippen LogP) is 5.13. The van der Waals surface area contributed by atoms with Crippen LogP contribution >= 0.6 is 11.3 Å². The van der Waals surface area contributed by atoms with Crippen molar-refractivity contribution in [2.24, 2.45) is 0 Å². The van der Waals surface area contributed by atoms with Gasteiger partial charge in [-0.15, -0.1) is 11.3 Å². The zero-order chi connectivity index (χ0) is 18.8. The summed E-state index contributed by atoms with van der Waals surface area (Å²) in [6, 6.07) is 13.7. The summed E-state index contributed by atoms with van der Waals surface area (Å²) in [6.45, 7) is 4.76. The number of rotatable bonds is 1. The number of benzene rings is 2. The maximum Gasteiger partial charge on any atom is 0.201 e. The summed E-state index contributed by atoms with van der Waals surface area (Å²) in [5.74, 6) is 0. The highest BCUT2D eigenvalue weighted by atomic mass is 32.1. The highest BCUT2D eigenvalue weighted by Crippen LogP contribution is 2.32. The highest BCUT2D eigenvalue weighted by molar-refractivity contribution is 7.21. The molecule has 1 aromatic rings. The summed E-state index contributed by atoms with van der Waals surface area (Å²) in [6.07, 6.45) is 10.8. The van der Waals surface area contributed by atoms with Crippen molar-refractivity contribution < 1.29 is 0 Å². The molecule has 4 heteroatoms. The normalized spacial score (nSPS) is 19.0. The molecule has 0 amide bonds. The molecule has 3 aliphatic heterocycles. The van der Waals surface area contributed by atoms with Gasteiger partial charge in [0.15, 0.2) is 0 Å². The summed E-state index contributed by atoms with van der Waals surface area (Å²) < 4.78 is 3.87. The Balaban J connectivity index is 1.56. The van der Waals surface area contributed by atoms with Gasteiger partial charge in [-0.1, -0.05) is 12.8 Å². The van der Waals surface area contributed by atoms with Gasteiger partial charge in [-0.05, 0) is 49.9 Å². The van der Waals surface area contributed by atoms with Crippen LogP contribution in [0, 0.1) is 0 Å². The van der Waals surface area contributed by atoms with Crippen LogP contribution in [0.4, 0.5) is 5.69 Å². The van der Waals surface area contributed by atoms with E-state index in [4.69, 9.17) is 4.98 Å². The summed E-state index contributed by atoms with van der Waals surface area (Å²) in [4.78, 5) is 8.83. The zero-order valence-electron chi connectivity index (χ0n) is 16.7. The molecule has 1 aromatic carbocycles. The van der Waals surface area contributed by atoms with Crippen molar-refractivity contribution in [3.8, 4) is 10.6 Å². The van der Waals surface area contributed by atoms with E-state index in [1.165, 1.54) is 98.2 Å². The number of fused-ring (bicyclic) bond motifs is 2. The van der Waals surface area contributed by atoms with Crippen LogP contribution in [0.15, 0.2) is 36.4 Å². The molecule has 3 nitrogen and oxygen atoms in total. The van der Waals surface area contributed by atoms with E-state index >= 15 is 0 Å². The minimum atomic E-state index is 1.12. The molecular weight excluding hydrogens is 362 g/mol. The second kappa shape index (κ2) is 8.20. The average molecular weight is 393 g/mol. The molecule has 0 bridgehead atoms. The van der Waals surface area contributed by atoms with Crippen LogP contribution < -0.4 is 14.8 Å². The maximum absolute atomic E-state index is 4.96. The molecule has 5 rings (SSSR count). The topological polar surface area (TPSA) is 19.1 Å². The van der Waals surface area contributed by atoms with E-state index in [0.717, 1.165) is 11.2 Å². The van der Waals surface area contributed by atoms with Crippen LogP contribution in [0.2, 0.25) is 0 Å². The van der Waals surface area contributed by atoms with Crippen molar-refractivity contribution in [3.05, 3.63) is 41.8 Å². The van der Waals surface area contributed by atoms with E-state index in [0.29, 0.717) is 0 Å². The van der Waals surface area contributed by atoms with Gasteiger partial charge >= 0.3 is 0 Å². The summed E-state index contributed by atoms with van der Waals surface area (Å²) in [5, 5.41) is 1.37. The second-order valence-electron chi connectivity index (χ2n) is 8.32. The van der Waals surface area contributed by atoms with Crippen LogP contribution in [0.1, 0.15) is 51.4 Å². The molecular formula is C24H30N3S+. The number of nitrogens with zero attached hydrogens (tertiary/aromatic N) is 3. The lowest BCUT2D eigenvalue weighted by atomic mass is 10.2. The van der Waals surface area contributed by atoms with Gasteiger partial charge in [-0.25, -0.2) is 9.56 Å². The summed E-state index contributed by atoms with van der Waals surface area (Å²) >= 11 is 1.90. The fraction of sp³-hybridized carbons (Fsp3) is 0.500. The molecule has 0 unspecified atom stereocenters. The van der Waals surface area contributed by atoms with E-state index in [-0.39, 0.29) is 0 Å². The molecule has 1 aliphatic carbocycles. The van der Waals surface area contributed by atoms with E-state index in [2.05, 4.69) is 45.9 Å². The quantitative estimate of drug-likeness (QED) is 0.422. The monoisotopic (exact) mass is 392 g/mol. The van der Waals surface area contributed by atoms with Crippen molar-refractivity contribution in [1.82, 2.24) is 9.56 Å². The predicted molar refractivity (Wildman–Crippen MR) is 120 cm³/mol. The van der Waals surface area contributed by atoms with E-state index in [1.54, 1.807) is 0 Å². The van der Waals surface area contributed by atoms with Crippen molar-refractivity contribution in [3.63, 3.8) is 0 Å². The van der Waals surface area contributed by atoms with Gasteiger partial charge < -0.3 is 4.90 Å². The van der Waals surface area contributed by atoms with E-state index in [9.17, 15) is 0 Å². The lowest BCUT2D eigenvalue weighted by Gasteiger charge is -2.23. The first kappa shape index (κ1) is 18.1. The molecule has 28 heavy (non-hydrogen) atoms. The molecule has 3 heterocycles. The van der Waals surface area contributed by atoms with Gasteiger partial charge in [0.05, 0.1) is 20.8 Å². The third kappa shape index (κ3) is 3.80. The third-order valence-electron chi connectivity index (χ3n) is 6.29. The van der Waals surface area contributed by atoms with Crippen LogP contribution in [0.3, 0.4) is 0 Å². The Morgan fingerprint density at radius 2 is 1.54 bits per heavy atom. The summed E-state index contributed by atoms with van der Waals surface area (Å²) in [5.41, 5.74) is 3.62. The summed E-state index contributed by atoms with van der Waals surface area (Å²) in [7, 11) is 0. The van der Waals surface area contributed by atoms with Gasteiger partial charge in [-0.2, -0.15) is 0 Å². The molecule has 0 atom stereocenters. The molecule has 0 N–H and O–H groups in total. The zero-order valence-corrected chi connectivity index (χ0v) is 17.5. The lowest BCUT2D eigenvalue weighted by Crippen LogP contribution is -2.30. The Morgan fingerprint density at radius 3 is 2.32 bits per heavy atom. The van der Waals surface area contributed by atoms with Crippen molar-refractivity contribution in [2.45, 2.75) is 51.4 Å². The van der Waals surface area contributed by atoms with Crippen molar-refractivity contribution >= 4 is 27.2 Å². The smallest absolute Gasteiger partial charge is 0.201 e. The van der Waals surface area contributed by atoms with E-state index < -0.39 is 0 Å². The molecule has 0 radical (unpaired) electrons. The van der Waals surface area contributed by atoms with Gasteiger partial charge in [0.25, 0.3) is 0 Å². The molecule has 0 saturated carbocycles. The SMILES string of the molecule is c1cc2nc3ccc(=[N+]4CCCCCC4)cc-3sc2cc1N1CCCCCC1. The minimum absolute atomic E-state index is 1.12. The van der Waals surface area contributed by atoms with Crippen LogP contribution in [0.25, 0.3) is 20.8 Å². The molecule has 2 fully saturated rings. The Morgan fingerprint density at radius 1 is 0.786 bits per heavy atom. The van der Waals surface area contributed by atoms with Crippen LogP contribution in [0.5, 0.6) is 0 Å². The molecule has 0 spiro atoms. The van der Waals surface area contributed by atoms with Gasteiger partial charge in [-0.3, -0.25) is 0 Å². The number of aromatic nitrogens is 1. The van der Waals surface area contributed by atoms with Crippen molar-refractivity contribution in [1.29, 1.82) is 0 Å². The molecule has 146 valence electrons. The first-order chi connectivity index (χ1) is 13.9. The number of hydrogen-bond acceptors (Lipinski definition) is 3. The van der Waals surface area contributed by atoms with E-state index in [1.807, 2.05) is 11.3 Å². The van der Waals surface area contributed by atoms with Gasteiger partial charge in [0, 0.05) is 43.8 Å². The number of anilines is 1. The average Bonchev–Trinajstić information content (AvgIpc) is 3.17. The second-order valence-corrected chi connectivity index (χ2v) is 9.40.